The van der Waals surface area contributed by atoms with Crippen molar-refractivity contribution in [2.24, 2.45) is 0 Å². The molecule has 26 heavy (non-hydrogen) atoms. The van der Waals surface area contributed by atoms with Crippen molar-refractivity contribution < 1.29 is 4.79 Å². The lowest BCUT2D eigenvalue weighted by Crippen LogP contribution is -2.26. The number of amides is 1. The first kappa shape index (κ1) is 18.3. The van der Waals surface area contributed by atoms with Gasteiger partial charge < -0.3 is 4.90 Å². The van der Waals surface area contributed by atoms with E-state index in [1.165, 1.54) is 0 Å². The number of carbonyl (C=O) groups excluding carboxylic acids is 1. The van der Waals surface area contributed by atoms with E-state index < -0.39 is 0 Å². The van der Waals surface area contributed by atoms with Gasteiger partial charge in [0, 0.05) is 43.1 Å². The second kappa shape index (κ2) is 8.72. The Morgan fingerprint density at radius 1 is 1.08 bits per heavy atom. The lowest BCUT2D eigenvalue weighted by Gasteiger charge is -2.16. The molecule has 0 saturated heterocycles. The predicted molar refractivity (Wildman–Crippen MR) is 108 cm³/mol. The van der Waals surface area contributed by atoms with Crippen LogP contribution in [0.4, 0.5) is 0 Å². The molecule has 0 aliphatic rings. The average Bonchev–Trinajstić information content (AvgIpc) is 3.11. The molecule has 1 aromatic heterocycles. The second-order valence-corrected chi connectivity index (χ2v) is 7.13. The highest BCUT2D eigenvalue weighted by Crippen LogP contribution is 2.24. The molecular formula is C21H23N3OS. The molecule has 3 rings (SSSR count). The Bertz CT molecular complexity index is 846. The number of hydrogen-bond acceptors (Lipinski definition) is 3. The summed E-state index contributed by atoms with van der Waals surface area (Å²) in [4.78, 5) is 14.1. The number of carbonyl (C=O) groups is 1. The third-order valence-corrected chi connectivity index (χ3v) is 4.82. The Balaban J connectivity index is 1.92. The maximum absolute atomic E-state index is 12.3. The number of para-hydroxylation sites is 1. The summed E-state index contributed by atoms with van der Waals surface area (Å²) >= 11 is 1.69. The topological polar surface area (TPSA) is 38.1 Å². The Kier molecular flexibility index (Phi) is 6.12. The quantitative estimate of drug-likeness (QED) is 0.628. The minimum Gasteiger partial charge on any atom is -0.341 e. The first-order valence-corrected chi connectivity index (χ1v) is 10.0. The summed E-state index contributed by atoms with van der Waals surface area (Å²) < 4.78 is 1.89. The van der Waals surface area contributed by atoms with Gasteiger partial charge in [-0.1, -0.05) is 48.5 Å². The van der Waals surface area contributed by atoms with Crippen molar-refractivity contribution >= 4 is 17.7 Å². The molecule has 0 N–H and O–H groups in total. The van der Waals surface area contributed by atoms with Gasteiger partial charge >= 0.3 is 0 Å². The maximum Gasteiger partial charge on any atom is 0.223 e. The molecule has 0 saturated carbocycles. The average molecular weight is 366 g/mol. The number of nitrogens with zero attached hydrogens (tertiary/aromatic N) is 3. The van der Waals surface area contributed by atoms with E-state index in [9.17, 15) is 4.79 Å². The summed E-state index contributed by atoms with van der Waals surface area (Å²) in [6.07, 6.45) is 4.60. The minimum atomic E-state index is 0.158. The van der Waals surface area contributed by atoms with Crippen LogP contribution in [0.25, 0.3) is 16.9 Å². The molecule has 1 heterocycles. The number of thioether (sulfide) groups is 1. The first-order valence-electron chi connectivity index (χ1n) is 8.61. The molecule has 3 aromatic rings. The van der Waals surface area contributed by atoms with E-state index in [4.69, 9.17) is 5.10 Å². The fourth-order valence-corrected chi connectivity index (χ4v) is 3.18. The van der Waals surface area contributed by atoms with Crippen molar-refractivity contribution in [2.75, 3.05) is 19.1 Å². The highest BCUT2D eigenvalue weighted by Gasteiger charge is 2.16. The fraction of sp³-hybridized carbons (Fsp3) is 0.238. The predicted octanol–water partition coefficient (Wildman–Crippen LogP) is 4.25. The molecular weight excluding hydrogens is 342 g/mol. The molecule has 0 bridgehead atoms. The van der Waals surface area contributed by atoms with E-state index in [1.54, 1.807) is 16.7 Å². The van der Waals surface area contributed by atoms with Gasteiger partial charge in [-0.25, -0.2) is 4.68 Å². The molecule has 1 amide bonds. The van der Waals surface area contributed by atoms with E-state index in [0.29, 0.717) is 13.0 Å². The van der Waals surface area contributed by atoms with Crippen LogP contribution in [-0.4, -0.2) is 39.6 Å². The fourth-order valence-electron chi connectivity index (χ4n) is 2.80. The normalized spacial score (nSPS) is 10.7. The van der Waals surface area contributed by atoms with Crippen LogP contribution in [0.1, 0.15) is 12.0 Å². The molecule has 0 fully saturated rings. The van der Waals surface area contributed by atoms with Crippen LogP contribution in [0.2, 0.25) is 0 Å². The van der Waals surface area contributed by atoms with Crippen molar-refractivity contribution in [2.45, 2.75) is 13.0 Å². The summed E-state index contributed by atoms with van der Waals surface area (Å²) in [5.74, 6) is 1.00. The van der Waals surface area contributed by atoms with Gasteiger partial charge in [0.25, 0.3) is 0 Å². The molecule has 0 radical (unpaired) electrons. The number of rotatable bonds is 7. The van der Waals surface area contributed by atoms with Crippen LogP contribution in [0.15, 0.2) is 66.9 Å². The number of benzene rings is 2. The standard InChI is InChI=1S/C21H23N3OS/c1-23(20(25)13-14-26-2)15-18-16-24(19-11-7-4-8-12-19)22-21(18)17-9-5-3-6-10-17/h3-12,16H,13-15H2,1-2H3. The molecule has 4 nitrogen and oxygen atoms in total. The number of hydrogen-bond donors (Lipinski definition) is 0. The van der Waals surface area contributed by atoms with Gasteiger partial charge in [0.15, 0.2) is 0 Å². The van der Waals surface area contributed by atoms with E-state index in [-0.39, 0.29) is 5.91 Å². The highest BCUT2D eigenvalue weighted by atomic mass is 32.2. The van der Waals surface area contributed by atoms with E-state index in [1.807, 2.05) is 72.7 Å². The summed E-state index contributed by atoms with van der Waals surface area (Å²) in [6.45, 7) is 0.546. The highest BCUT2D eigenvalue weighted by molar-refractivity contribution is 7.98. The molecule has 0 unspecified atom stereocenters. The first-order chi connectivity index (χ1) is 12.7. The number of aromatic nitrogens is 2. The van der Waals surface area contributed by atoms with Gasteiger partial charge in [0.1, 0.15) is 0 Å². The molecule has 134 valence electrons. The van der Waals surface area contributed by atoms with Gasteiger partial charge in [-0.15, -0.1) is 0 Å². The van der Waals surface area contributed by atoms with Crippen LogP contribution in [0, 0.1) is 0 Å². The van der Waals surface area contributed by atoms with Gasteiger partial charge in [-0.2, -0.15) is 16.9 Å². The molecule has 0 aliphatic heterocycles. The molecule has 0 aliphatic carbocycles. The monoisotopic (exact) mass is 365 g/mol. The largest absolute Gasteiger partial charge is 0.341 e. The zero-order chi connectivity index (χ0) is 18.4. The minimum absolute atomic E-state index is 0.158. The third-order valence-electron chi connectivity index (χ3n) is 4.21. The Labute approximate surface area is 158 Å². The van der Waals surface area contributed by atoms with Crippen LogP contribution in [0.3, 0.4) is 0 Å². The Morgan fingerprint density at radius 2 is 1.73 bits per heavy atom. The lowest BCUT2D eigenvalue weighted by atomic mass is 10.1. The summed E-state index contributed by atoms with van der Waals surface area (Å²) in [5, 5.41) is 4.80. The zero-order valence-electron chi connectivity index (χ0n) is 15.1. The lowest BCUT2D eigenvalue weighted by molar-refractivity contribution is -0.129. The third kappa shape index (κ3) is 4.35. The summed E-state index contributed by atoms with van der Waals surface area (Å²) in [6, 6.07) is 20.2. The SMILES string of the molecule is CSCCC(=O)N(C)Cc1cn(-c2ccccc2)nc1-c1ccccc1. The van der Waals surface area contributed by atoms with Gasteiger partial charge in [-0.3, -0.25) is 4.79 Å². The molecule has 0 atom stereocenters. The Hall–Kier alpha value is -2.53. The van der Waals surface area contributed by atoms with Crippen molar-refractivity contribution in [1.29, 1.82) is 0 Å². The van der Waals surface area contributed by atoms with Crippen molar-refractivity contribution in [3.05, 3.63) is 72.4 Å². The van der Waals surface area contributed by atoms with Crippen molar-refractivity contribution in [3.63, 3.8) is 0 Å². The smallest absolute Gasteiger partial charge is 0.223 e. The molecule has 5 heteroatoms. The van der Waals surface area contributed by atoms with Crippen LogP contribution in [-0.2, 0) is 11.3 Å². The van der Waals surface area contributed by atoms with E-state index in [2.05, 4.69) is 12.1 Å². The summed E-state index contributed by atoms with van der Waals surface area (Å²) in [7, 11) is 1.86. The van der Waals surface area contributed by atoms with Gasteiger partial charge in [-0.05, 0) is 18.4 Å². The molecule has 0 spiro atoms. The zero-order valence-corrected chi connectivity index (χ0v) is 15.9. The van der Waals surface area contributed by atoms with Crippen molar-refractivity contribution in [3.8, 4) is 16.9 Å². The summed E-state index contributed by atoms with van der Waals surface area (Å²) in [5.41, 5.74) is 4.02. The van der Waals surface area contributed by atoms with Crippen LogP contribution < -0.4 is 0 Å². The second-order valence-electron chi connectivity index (χ2n) is 6.14. The van der Waals surface area contributed by atoms with E-state index in [0.717, 1.165) is 28.3 Å². The van der Waals surface area contributed by atoms with Crippen LogP contribution >= 0.6 is 11.8 Å². The molecule has 2 aromatic carbocycles. The van der Waals surface area contributed by atoms with Gasteiger partial charge in [0.05, 0.1) is 11.4 Å². The Morgan fingerprint density at radius 3 is 2.38 bits per heavy atom. The van der Waals surface area contributed by atoms with E-state index >= 15 is 0 Å². The van der Waals surface area contributed by atoms with Crippen molar-refractivity contribution in [1.82, 2.24) is 14.7 Å². The van der Waals surface area contributed by atoms with Crippen LogP contribution in [0.5, 0.6) is 0 Å². The maximum atomic E-state index is 12.3. The van der Waals surface area contributed by atoms with Gasteiger partial charge in [0.2, 0.25) is 5.91 Å².